The van der Waals surface area contributed by atoms with Gasteiger partial charge in [-0.2, -0.15) is 11.8 Å². The van der Waals surface area contributed by atoms with Crippen molar-refractivity contribution in [1.82, 2.24) is 5.32 Å². The van der Waals surface area contributed by atoms with Crippen LogP contribution in [0.4, 0.5) is 0 Å². The lowest BCUT2D eigenvalue weighted by molar-refractivity contribution is -0.156. The van der Waals surface area contributed by atoms with Crippen molar-refractivity contribution in [2.24, 2.45) is 11.3 Å². The first-order valence-electron chi connectivity index (χ1n) is 6.41. The molecule has 0 saturated carbocycles. The van der Waals surface area contributed by atoms with Crippen LogP contribution in [0.15, 0.2) is 0 Å². The lowest BCUT2D eigenvalue weighted by Gasteiger charge is -2.28. The Morgan fingerprint density at radius 1 is 1.44 bits per heavy atom. The van der Waals surface area contributed by atoms with Crippen LogP contribution in [0.1, 0.15) is 34.1 Å². The van der Waals surface area contributed by atoms with Gasteiger partial charge in [0.25, 0.3) is 0 Å². The summed E-state index contributed by atoms with van der Waals surface area (Å²) in [6.45, 7) is 7.72. The summed E-state index contributed by atoms with van der Waals surface area (Å²) in [6.07, 6.45) is 0.982. The van der Waals surface area contributed by atoms with E-state index in [-0.39, 0.29) is 11.9 Å². The fourth-order valence-electron chi connectivity index (χ4n) is 2.01. The van der Waals surface area contributed by atoms with Crippen LogP contribution in [0.3, 0.4) is 0 Å². The van der Waals surface area contributed by atoms with E-state index in [0.717, 1.165) is 17.9 Å². The van der Waals surface area contributed by atoms with Gasteiger partial charge in [0.1, 0.15) is 5.92 Å². The lowest BCUT2D eigenvalue weighted by Crippen LogP contribution is -2.47. The largest absolute Gasteiger partial charge is 0.465 e. The first kappa shape index (κ1) is 15.3. The van der Waals surface area contributed by atoms with E-state index in [1.807, 2.05) is 32.5 Å². The van der Waals surface area contributed by atoms with Gasteiger partial charge >= 0.3 is 5.97 Å². The minimum Gasteiger partial charge on any atom is -0.465 e. The molecule has 1 aliphatic heterocycles. The molecule has 1 N–H and O–H groups in total. The fraction of sp³-hybridized carbons (Fsp3) is 0.846. The maximum atomic E-state index is 12.2. The van der Waals surface area contributed by atoms with E-state index in [1.54, 1.807) is 6.92 Å². The van der Waals surface area contributed by atoms with Gasteiger partial charge in [0, 0.05) is 11.8 Å². The molecule has 1 aliphatic rings. The molecule has 104 valence electrons. The van der Waals surface area contributed by atoms with Gasteiger partial charge in [-0.05, 0) is 24.5 Å². The molecule has 1 rings (SSSR count). The normalized spacial score (nSPS) is 21.4. The molecule has 0 aromatic heterocycles. The van der Waals surface area contributed by atoms with Gasteiger partial charge in [0.05, 0.1) is 6.61 Å². The Hall–Kier alpha value is -0.710. The predicted molar refractivity (Wildman–Crippen MR) is 73.5 cm³/mol. The van der Waals surface area contributed by atoms with Gasteiger partial charge in [0.2, 0.25) is 5.91 Å². The van der Waals surface area contributed by atoms with Gasteiger partial charge in [-0.3, -0.25) is 9.59 Å². The number of rotatable bonds is 4. The average Bonchev–Trinajstić information content (AvgIpc) is 2.68. The zero-order chi connectivity index (χ0) is 13.8. The number of ether oxygens (including phenoxy) is 1. The summed E-state index contributed by atoms with van der Waals surface area (Å²) >= 11 is 1.83. The van der Waals surface area contributed by atoms with Crippen LogP contribution in [0.5, 0.6) is 0 Å². The third-order valence-corrected chi connectivity index (χ3v) is 4.09. The predicted octanol–water partition coefficient (Wildman–Crippen LogP) is 1.83. The van der Waals surface area contributed by atoms with E-state index in [1.165, 1.54) is 0 Å². The van der Waals surface area contributed by atoms with E-state index in [9.17, 15) is 9.59 Å². The molecule has 0 bridgehead atoms. The number of nitrogens with one attached hydrogen (secondary N) is 1. The molecule has 0 aromatic carbocycles. The molecule has 0 radical (unpaired) electrons. The van der Waals surface area contributed by atoms with Gasteiger partial charge in [-0.25, -0.2) is 0 Å². The molecular formula is C13H23NO3S. The Kier molecular flexibility index (Phi) is 5.50. The highest BCUT2D eigenvalue weighted by atomic mass is 32.2. The van der Waals surface area contributed by atoms with Crippen LogP contribution in [0.2, 0.25) is 0 Å². The van der Waals surface area contributed by atoms with Crippen molar-refractivity contribution >= 4 is 23.6 Å². The lowest BCUT2D eigenvalue weighted by atomic mass is 9.80. The van der Waals surface area contributed by atoms with Crippen LogP contribution in [-0.4, -0.2) is 36.0 Å². The Bertz CT molecular complexity index is 306. The molecule has 4 nitrogen and oxygen atoms in total. The molecule has 1 heterocycles. The van der Waals surface area contributed by atoms with E-state index in [2.05, 4.69) is 5.32 Å². The van der Waals surface area contributed by atoms with Gasteiger partial charge in [-0.1, -0.05) is 20.8 Å². The average molecular weight is 273 g/mol. The molecule has 1 amide bonds. The second-order valence-corrected chi connectivity index (χ2v) is 6.77. The Morgan fingerprint density at radius 2 is 2.11 bits per heavy atom. The maximum Gasteiger partial charge on any atom is 0.319 e. The van der Waals surface area contributed by atoms with Crippen molar-refractivity contribution in [2.45, 2.75) is 40.2 Å². The summed E-state index contributed by atoms with van der Waals surface area (Å²) in [5, 5.41) is 2.96. The Labute approximate surface area is 113 Å². The molecule has 2 atom stereocenters. The standard InChI is InChI=1S/C13H23NO3S/c1-5-17-12(16)10(13(2,3)4)11(15)14-9-6-7-18-8-9/h9-10H,5-8H2,1-4H3,(H,14,15). The second kappa shape index (κ2) is 6.45. The number of hydrogen-bond acceptors (Lipinski definition) is 4. The zero-order valence-corrected chi connectivity index (χ0v) is 12.4. The van der Waals surface area contributed by atoms with E-state index in [4.69, 9.17) is 4.74 Å². The summed E-state index contributed by atoms with van der Waals surface area (Å²) < 4.78 is 5.01. The molecule has 1 saturated heterocycles. The molecule has 2 unspecified atom stereocenters. The Morgan fingerprint density at radius 3 is 2.56 bits per heavy atom. The number of carbonyl (C=O) groups is 2. The van der Waals surface area contributed by atoms with Crippen molar-refractivity contribution in [2.75, 3.05) is 18.1 Å². The van der Waals surface area contributed by atoms with Crippen LogP contribution in [0, 0.1) is 11.3 Å². The third-order valence-electron chi connectivity index (χ3n) is 2.93. The zero-order valence-electron chi connectivity index (χ0n) is 11.6. The summed E-state index contributed by atoms with van der Waals surface area (Å²) in [4.78, 5) is 24.2. The quantitative estimate of drug-likeness (QED) is 0.627. The van der Waals surface area contributed by atoms with Crippen molar-refractivity contribution in [1.29, 1.82) is 0 Å². The minimum absolute atomic E-state index is 0.196. The van der Waals surface area contributed by atoms with E-state index >= 15 is 0 Å². The van der Waals surface area contributed by atoms with E-state index < -0.39 is 17.3 Å². The monoisotopic (exact) mass is 273 g/mol. The number of amides is 1. The third kappa shape index (κ3) is 4.19. The van der Waals surface area contributed by atoms with Crippen LogP contribution < -0.4 is 5.32 Å². The molecule has 0 aromatic rings. The van der Waals surface area contributed by atoms with Gasteiger partial charge < -0.3 is 10.1 Å². The van der Waals surface area contributed by atoms with Crippen molar-refractivity contribution in [3.8, 4) is 0 Å². The van der Waals surface area contributed by atoms with Crippen LogP contribution >= 0.6 is 11.8 Å². The van der Waals surface area contributed by atoms with Crippen LogP contribution in [-0.2, 0) is 14.3 Å². The molecule has 0 aliphatic carbocycles. The maximum absolute atomic E-state index is 12.2. The first-order valence-corrected chi connectivity index (χ1v) is 7.56. The van der Waals surface area contributed by atoms with Crippen molar-refractivity contribution < 1.29 is 14.3 Å². The van der Waals surface area contributed by atoms with Crippen molar-refractivity contribution in [3.63, 3.8) is 0 Å². The molecule has 1 fully saturated rings. The number of carbonyl (C=O) groups excluding carboxylic acids is 2. The first-order chi connectivity index (χ1) is 8.36. The molecule has 18 heavy (non-hydrogen) atoms. The molecule has 5 heteroatoms. The minimum atomic E-state index is -0.733. The molecular weight excluding hydrogens is 250 g/mol. The smallest absolute Gasteiger partial charge is 0.319 e. The highest BCUT2D eigenvalue weighted by molar-refractivity contribution is 7.99. The second-order valence-electron chi connectivity index (χ2n) is 5.62. The molecule has 0 spiro atoms. The summed E-state index contributed by atoms with van der Waals surface area (Å²) in [5.41, 5.74) is -0.428. The summed E-state index contributed by atoms with van der Waals surface area (Å²) in [6, 6.07) is 0.196. The van der Waals surface area contributed by atoms with Crippen LogP contribution in [0.25, 0.3) is 0 Å². The fourth-order valence-corrected chi connectivity index (χ4v) is 3.16. The SMILES string of the molecule is CCOC(=O)C(C(=O)NC1CCSC1)C(C)(C)C. The topological polar surface area (TPSA) is 55.4 Å². The number of thioether (sulfide) groups is 1. The summed E-state index contributed by atoms with van der Waals surface area (Å²) in [7, 11) is 0. The van der Waals surface area contributed by atoms with Gasteiger partial charge in [0.15, 0.2) is 0 Å². The highest BCUT2D eigenvalue weighted by Gasteiger charge is 2.39. The van der Waals surface area contributed by atoms with E-state index in [0.29, 0.717) is 6.61 Å². The van der Waals surface area contributed by atoms with Crippen molar-refractivity contribution in [3.05, 3.63) is 0 Å². The highest BCUT2D eigenvalue weighted by Crippen LogP contribution is 2.28. The summed E-state index contributed by atoms with van der Waals surface area (Å²) in [5.74, 6) is 0.653. The number of esters is 1. The van der Waals surface area contributed by atoms with Gasteiger partial charge in [-0.15, -0.1) is 0 Å². The number of hydrogen-bond donors (Lipinski definition) is 1. The Balaban J connectivity index is 2.69.